The van der Waals surface area contributed by atoms with Crippen molar-refractivity contribution in [1.29, 1.82) is 0 Å². The summed E-state index contributed by atoms with van der Waals surface area (Å²) < 4.78 is 5.49. The summed E-state index contributed by atoms with van der Waals surface area (Å²) in [5, 5.41) is 2.77. The van der Waals surface area contributed by atoms with Gasteiger partial charge in [0.2, 0.25) is 0 Å². The molecule has 1 aromatic carbocycles. The summed E-state index contributed by atoms with van der Waals surface area (Å²) in [6.45, 7) is 5.24. The zero-order valence-corrected chi connectivity index (χ0v) is 15.0. The number of thioether (sulfide) groups is 1. The van der Waals surface area contributed by atoms with E-state index < -0.39 is 0 Å². The highest BCUT2D eigenvalue weighted by Gasteiger charge is 2.14. The highest BCUT2D eigenvalue weighted by atomic mass is 32.2. The van der Waals surface area contributed by atoms with Crippen molar-refractivity contribution in [2.24, 2.45) is 0 Å². The van der Waals surface area contributed by atoms with Crippen molar-refractivity contribution in [2.75, 3.05) is 24.7 Å². The Morgan fingerprint density at radius 1 is 1.08 bits per heavy atom. The predicted molar refractivity (Wildman–Crippen MR) is 97.6 cm³/mol. The molecular weight excluding hydrogens is 324 g/mol. The van der Waals surface area contributed by atoms with Gasteiger partial charge in [0.25, 0.3) is 11.8 Å². The molecule has 24 heavy (non-hydrogen) atoms. The molecule has 6 heteroatoms. The van der Waals surface area contributed by atoms with E-state index in [0.717, 1.165) is 11.5 Å². The monoisotopic (exact) mass is 346 g/mol. The van der Waals surface area contributed by atoms with Gasteiger partial charge < -0.3 is 14.6 Å². The molecule has 0 saturated heterocycles. The molecule has 5 nitrogen and oxygen atoms in total. The fourth-order valence-corrected chi connectivity index (χ4v) is 2.74. The van der Waals surface area contributed by atoms with Crippen LogP contribution in [0.1, 0.15) is 40.5 Å². The summed E-state index contributed by atoms with van der Waals surface area (Å²) in [5.41, 5.74) is 1.23. The fourth-order valence-electron chi connectivity index (χ4n) is 2.30. The molecule has 0 unspecified atom stereocenters. The normalized spacial score (nSPS) is 10.5. The average Bonchev–Trinajstić information content (AvgIpc) is 3.06. The molecule has 1 heterocycles. The summed E-state index contributed by atoms with van der Waals surface area (Å²) in [4.78, 5) is 26.2. The maximum Gasteiger partial charge on any atom is 0.291 e. The predicted octanol–water partition coefficient (Wildman–Crippen LogP) is 3.88. The van der Waals surface area contributed by atoms with Crippen molar-refractivity contribution >= 4 is 29.3 Å². The summed E-state index contributed by atoms with van der Waals surface area (Å²) in [6, 6.07) is 10.4. The molecule has 128 valence electrons. The van der Waals surface area contributed by atoms with E-state index in [2.05, 4.69) is 5.32 Å². The van der Waals surface area contributed by atoms with Gasteiger partial charge in [0, 0.05) is 24.3 Å². The molecule has 0 atom stereocenters. The number of nitrogens with one attached hydrogen (secondary N) is 1. The molecule has 1 N–H and O–H groups in total. The molecular formula is C18H22N2O3S. The number of anilines is 1. The first-order valence-corrected chi connectivity index (χ1v) is 9.26. The molecule has 2 aromatic rings. The van der Waals surface area contributed by atoms with Crippen molar-refractivity contribution in [3.63, 3.8) is 0 Å². The first kappa shape index (κ1) is 18.1. The molecule has 2 amide bonds. The third kappa shape index (κ3) is 4.41. The van der Waals surface area contributed by atoms with Gasteiger partial charge in [-0.15, -0.1) is 0 Å². The number of nitrogens with zero attached hydrogens (tertiary/aromatic N) is 1. The third-order valence-electron chi connectivity index (χ3n) is 3.61. The van der Waals surface area contributed by atoms with Gasteiger partial charge in [0.15, 0.2) is 5.76 Å². The maximum atomic E-state index is 12.2. The van der Waals surface area contributed by atoms with Crippen molar-refractivity contribution in [3.05, 3.63) is 53.5 Å². The van der Waals surface area contributed by atoms with Gasteiger partial charge in [-0.3, -0.25) is 9.59 Å². The Bertz CT molecular complexity index is 691. The second-order valence-electron chi connectivity index (χ2n) is 5.21. The van der Waals surface area contributed by atoms with Crippen LogP contribution in [0.2, 0.25) is 0 Å². The number of amides is 2. The van der Waals surface area contributed by atoms with Gasteiger partial charge in [-0.1, -0.05) is 0 Å². The third-order valence-corrected chi connectivity index (χ3v) is 4.19. The van der Waals surface area contributed by atoms with Gasteiger partial charge in [-0.2, -0.15) is 11.8 Å². The van der Waals surface area contributed by atoms with E-state index in [0.29, 0.717) is 24.3 Å². The molecule has 1 aromatic heterocycles. The Labute approximate surface area is 146 Å². The van der Waals surface area contributed by atoms with Gasteiger partial charge >= 0.3 is 0 Å². The largest absolute Gasteiger partial charge is 0.455 e. The number of furan rings is 1. The molecule has 0 aliphatic heterocycles. The highest BCUT2D eigenvalue weighted by Crippen LogP contribution is 2.16. The van der Waals surface area contributed by atoms with Gasteiger partial charge in [0.1, 0.15) is 5.76 Å². The Morgan fingerprint density at radius 2 is 1.75 bits per heavy atom. The molecule has 0 saturated carbocycles. The molecule has 0 aliphatic carbocycles. The molecule has 2 rings (SSSR count). The lowest BCUT2D eigenvalue weighted by molar-refractivity contribution is 0.0773. The summed E-state index contributed by atoms with van der Waals surface area (Å²) in [6.07, 6.45) is 1.98. The standard InChI is InChI=1S/C18H22N2O3S/c1-4-20(5-2)18(22)13-6-8-14(9-7-13)19-17(21)16-11-10-15(23-16)12-24-3/h6-11H,4-5,12H2,1-3H3,(H,19,21). The number of hydrogen-bond acceptors (Lipinski definition) is 4. The van der Waals surface area contributed by atoms with Crippen molar-refractivity contribution in [2.45, 2.75) is 19.6 Å². The maximum absolute atomic E-state index is 12.2. The van der Waals surface area contributed by atoms with E-state index in [9.17, 15) is 9.59 Å². The Morgan fingerprint density at radius 3 is 2.33 bits per heavy atom. The Hall–Kier alpha value is -2.21. The van der Waals surface area contributed by atoms with Crippen LogP contribution in [-0.4, -0.2) is 36.1 Å². The van der Waals surface area contributed by atoms with Crippen LogP contribution in [0.4, 0.5) is 5.69 Å². The Kier molecular flexibility index (Phi) is 6.49. The second kappa shape index (κ2) is 8.59. The zero-order valence-electron chi connectivity index (χ0n) is 14.2. The number of carbonyl (C=O) groups excluding carboxylic acids is 2. The molecule has 0 spiro atoms. The zero-order chi connectivity index (χ0) is 17.5. The van der Waals surface area contributed by atoms with Crippen molar-refractivity contribution in [3.8, 4) is 0 Å². The van der Waals surface area contributed by atoms with Crippen LogP contribution >= 0.6 is 11.8 Å². The second-order valence-corrected chi connectivity index (χ2v) is 6.07. The highest BCUT2D eigenvalue weighted by molar-refractivity contribution is 7.97. The summed E-state index contributed by atoms with van der Waals surface area (Å²) in [7, 11) is 0. The topological polar surface area (TPSA) is 62.6 Å². The Balaban J connectivity index is 2.02. The summed E-state index contributed by atoms with van der Waals surface area (Å²) >= 11 is 1.63. The van der Waals surface area contributed by atoms with E-state index >= 15 is 0 Å². The van der Waals surface area contributed by atoms with Gasteiger partial charge in [0.05, 0.1) is 5.75 Å². The average molecular weight is 346 g/mol. The molecule has 0 radical (unpaired) electrons. The first-order valence-electron chi connectivity index (χ1n) is 7.87. The van der Waals surface area contributed by atoms with E-state index in [1.807, 2.05) is 20.1 Å². The summed E-state index contributed by atoms with van der Waals surface area (Å²) in [5.74, 6) is 1.47. The SMILES string of the molecule is CCN(CC)C(=O)c1ccc(NC(=O)c2ccc(CSC)o2)cc1. The number of benzene rings is 1. The fraction of sp³-hybridized carbons (Fsp3) is 0.333. The van der Waals surface area contributed by atoms with E-state index in [1.54, 1.807) is 53.1 Å². The lowest BCUT2D eigenvalue weighted by Crippen LogP contribution is -2.30. The van der Waals surface area contributed by atoms with E-state index in [4.69, 9.17) is 4.42 Å². The lowest BCUT2D eigenvalue weighted by atomic mass is 10.1. The van der Waals surface area contributed by atoms with Crippen molar-refractivity contribution in [1.82, 2.24) is 4.90 Å². The van der Waals surface area contributed by atoms with Crippen LogP contribution in [-0.2, 0) is 5.75 Å². The van der Waals surface area contributed by atoms with Crippen LogP contribution in [0.5, 0.6) is 0 Å². The quantitative estimate of drug-likeness (QED) is 0.826. The molecule has 0 fully saturated rings. The molecule has 0 aliphatic rings. The number of rotatable bonds is 7. The lowest BCUT2D eigenvalue weighted by Gasteiger charge is -2.18. The van der Waals surface area contributed by atoms with Gasteiger partial charge in [-0.05, 0) is 56.5 Å². The smallest absolute Gasteiger partial charge is 0.291 e. The van der Waals surface area contributed by atoms with Crippen molar-refractivity contribution < 1.29 is 14.0 Å². The minimum absolute atomic E-state index is 0.00869. The van der Waals surface area contributed by atoms with Crippen LogP contribution in [0.3, 0.4) is 0 Å². The first-order chi connectivity index (χ1) is 11.6. The van der Waals surface area contributed by atoms with E-state index in [1.165, 1.54) is 0 Å². The van der Waals surface area contributed by atoms with E-state index in [-0.39, 0.29) is 17.6 Å². The molecule has 0 bridgehead atoms. The number of carbonyl (C=O) groups is 2. The number of hydrogen-bond donors (Lipinski definition) is 1. The van der Waals surface area contributed by atoms with Crippen LogP contribution in [0.25, 0.3) is 0 Å². The van der Waals surface area contributed by atoms with Gasteiger partial charge in [-0.25, -0.2) is 0 Å². The van der Waals surface area contributed by atoms with Crippen LogP contribution in [0.15, 0.2) is 40.8 Å². The van der Waals surface area contributed by atoms with Crippen LogP contribution in [0, 0.1) is 0 Å². The minimum Gasteiger partial charge on any atom is -0.455 e. The minimum atomic E-state index is -0.301. The van der Waals surface area contributed by atoms with Crippen LogP contribution < -0.4 is 5.32 Å².